The number of hydrogen-bond acceptors (Lipinski definition) is 4. The lowest BCUT2D eigenvalue weighted by molar-refractivity contribution is -0.384. The maximum absolute atomic E-state index is 12.1. The smallest absolute Gasteiger partial charge is 0.258 e. The van der Waals surface area contributed by atoms with Crippen LogP contribution >= 0.6 is 0 Å². The van der Waals surface area contributed by atoms with E-state index < -0.39 is 14.9 Å². The highest BCUT2D eigenvalue weighted by molar-refractivity contribution is 7.89. The first-order valence-electron chi connectivity index (χ1n) is 6.69. The van der Waals surface area contributed by atoms with Crippen LogP contribution in [0.4, 0.5) is 5.69 Å². The maximum atomic E-state index is 12.1. The van der Waals surface area contributed by atoms with Crippen molar-refractivity contribution in [2.75, 3.05) is 6.54 Å². The number of nitro benzene ring substituents is 1. The Labute approximate surface area is 129 Å². The predicted molar refractivity (Wildman–Crippen MR) is 83.2 cm³/mol. The third-order valence-electron chi connectivity index (χ3n) is 3.31. The van der Waals surface area contributed by atoms with Crippen molar-refractivity contribution in [3.63, 3.8) is 0 Å². The minimum absolute atomic E-state index is 0.0166. The standard InChI is InChI=1S/C15H16N2O4S/c1-12-4-2-3-5-13(12)10-11-16-22(20,21)15-8-6-14(7-9-15)17(18)19/h2-9,16H,10-11H2,1H3. The number of rotatable bonds is 6. The van der Waals surface area contributed by atoms with Crippen molar-refractivity contribution < 1.29 is 13.3 Å². The largest absolute Gasteiger partial charge is 0.269 e. The minimum atomic E-state index is -3.66. The molecule has 0 spiro atoms. The molecule has 2 aromatic carbocycles. The zero-order chi connectivity index (χ0) is 16.2. The summed E-state index contributed by atoms with van der Waals surface area (Å²) in [6.07, 6.45) is 0.582. The van der Waals surface area contributed by atoms with Crippen LogP contribution in [0.2, 0.25) is 0 Å². The van der Waals surface area contributed by atoms with Gasteiger partial charge >= 0.3 is 0 Å². The van der Waals surface area contributed by atoms with Crippen molar-refractivity contribution >= 4 is 15.7 Å². The molecule has 0 amide bonds. The minimum Gasteiger partial charge on any atom is -0.258 e. The lowest BCUT2D eigenvalue weighted by Crippen LogP contribution is -2.26. The van der Waals surface area contributed by atoms with Gasteiger partial charge in [0, 0.05) is 18.7 Å². The fourth-order valence-electron chi connectivity index (χ4n) is 2.04. The number of sulfonamides is 1. The van der Waals surface area contributed by atoms with E-state index in [0.29, 0.717) is 6.42 Å². The zero-order valence-corrected chi connectivity index (χ0v) is 12.8. The summed E-state index contributed by atoms with van der Waals surface area (Å²) in [5.41, 5.74) is 2.05. The number of aryl methyl sites for hydroxylation is 1. The average Bonchev–Trinajstić information content (AvgIpc) is 2.49. The highest BCUT2D eigenvalue weighted by atomic mass is 32.2. The number of benzene rings is 2. The van der Waals surface area contributed by atoms with Crippen LogP contribution in [-0.4, -0.2) is 19.9 Å². The van der Waals surface area contributed by atoms with Crippen LogP contribution in [0.1, 0.15) is 11.1 Å². The van der Waals surface area contributed by atoms with Crippen LogP contribution in [0, 0.1) is 17.0 Å². The van der Waals surface area contributed by atoms with Gasteiger partial charge in [0.25, 0.3) is 5.69 Å². The Kier molecular flexibility index (Phi) is 4.89. The fourth-order valence-corrected chi connectivity index (χ4v) is 3.07. The Morgan fingerprint density at radius 1 is 1.09 bits per heavy atom. The molecular weight excluding hydrogens is 304 g/mol. The molecule has 7 heteroatoms. The van der Waals surface area contributed by atoms with Gasteiger partial charge in [-0.1, -0.05) is 24.3 Å². The molecule has 22 heavy (non-hydrogen) atoms. The molecule has 0 fully saturated rings. The quantitative estimate of drug-likeness (QED) is 0.654. The Morgan fingerprint density at radius 2 is 1.73 bits per heavy atom. The van der Waals surface area contributed by atoms with E-state index in [1.54, 1.807) is 0 Å². The van der Waals surface area contributed by atoms with E-state index >= 15 is 0 Å². The van der Waals surface area contributed by atoms with Gasteiger partial charge in [0.2, 0.25) is 10.0 Å². The molecular formula is C15H16N2O4S. The first kappa shape index (κ1) is 16.1. The third-order valence-corrected chi connectivity index (χ3v) is 4.78. The molecule has 0 aliphatic heterocycles. The normalized spacial score (nSPS) is 11.3. The molecule has 0 aliphatic carbocycles. The molecule has 6 nitrogen and oxygen atoms in total. The van der Waals surface area contributed by atoms with Crippen LogP contribution in [0.5, 0.6) is 0 Å². The zero-order valence-electron chi connectivity index (χ0n) is 12.0. The van der Waals surface area contributed by atoms with Crippen molar-refractivity contribution in [1.29, 1.82) is 0 Å². The molecule has 0 unspecified atom stereocenters. The van der Waals surface area contributed by atoms with Gasteiger partial charge in [-0.15, -0.1) is 0 Å². The van der Waals surface area contributed by atoms with Crippen LogP contribution in [-0.2, 0) is 16.4 Å². The van der Waals surface area contributed by atoms with E-state index in [1.807, 2.05) is 31.2 Å². The molecule has 0 radical (unpaired) electrons. The highest BCUT2D eigenvalue weighted by Gasteiger charge is 2.15. The molecule has 116 valence electrons. The lowest BCUT2D eigenvalue weighted by atomic mass is 10.1. The summed E-state index contributed by atoms with van der Waals surface area (Å²) in [5.74, 6) is 0. The summed E-state index contributed by atoms with van der Waals surface area (Å²) in [6, 6.07) is 12.6. The van der Waals surface area contributed by atoms with Crippen LogP contribution in [0.25, 0.3) is 0 Å². The van der Waals surface area contributed by atoms with E-state index in [4.69, 9.17) is 0 Å². The van der Waals surface area contributed by atoms with Gasteiger partial charge in [0.1, 0.15) is 0 Å². The Morgan fingerprint density at radius 3 is 2.32 bits per heavy atom. The van der Waals surface area contributed by atoms with Crippen molar-refractivity contribution in [2.45, 2.75) is 18.2 Å². The summed E-state index contributed by atoms with van der Waals surface area (Å²) in [6.45, 7) is 2.24. The van der Waals surface area contributed by atoms with Crippen LogP contribution in [0.3, 0.4) is 0 Å². The van der Waals surface area contributed by atoms with E-state index in [0.717, 1.165) is 11.1 Å². The molecule has 0 aliphatic rings. The second kappa shape index (κ2) is 6.67. The SMILES string of the molecule is Cc1ccccc1CCNS(=O)(=O)c1ccc([N+](=O)[O-])cc1. The van der Waals surface area contributed by atoms with Gasteiger partial charge in [0.05, 0.1) is 9.82 Å². The first-order chi connectivity index (χ1) is 10.4. The summed E-state index contributed by atoms with van der Waals surface area (Å²) in [7, 11) is -3.66. The predicted octanol–water partition coefficient (Wildman–Crippen LogP) is 2.42. The second-order valence-electron chi connectivity index (χ2n) is 4.83. The topological polar surface area (TPSA) is 89.3 Å². The van der Waals surface area contributed by atoms with E-state index in [-0.39, 0.29) is 17.1 Å². The molecule has 2 aromatic rings. The van der Waals surface area contributed by atoms with Crippen LogP contribution < -0.4 is 4.72 Å². The first-order valence-corrected chi connectivity index (χ1v) is 8.17. The van der Waals surface area contributed by atoms with Gasteiger partial charge in [0.15, 0.2) is 0 Å². The highest BCUT2D eigenvalue weighted by Crippen LogP contribution is 2.15. The fraction of sp³-hybridized carbons (Fsp3) is 0.200. The number of nitrogens with one attached hydrogen (secondary N) is 1. The molecule has 2 rings (SSSR count). The molecule has 0 bridgehead atoms. The molecule has 0 saturated carbocycles. The lowest BCUT2D eigenvalue weighted by Gasteiger charge is -2.08. The van der Waals surface area contributed by atoms with E-state index in [2.05, 4.69) is 4.72 Å². The Bertz CT molecular complexity index is 770. The molecule has 0 saturated heterocycles. The van der Waals surface area contributed by atoms with Gasteiger partial charge in [-0.05, 0) is 36.6 Å². The van der Waals surface area contributed by atoms with Gasteiger partial charge in [-0.3, -0.25) is 10.1 Å². The summed E-state index contributed by atoms with van der Waals surface area (Å²) < 4.78 is 26.7. The number of non-ortho nitro benzene ring substituents is 1. The number of nitrogens with zero attached hydrogens (tertiary/aromatic N) is 1. The maximum Gasteiger partial charge on any atom is 0.269 e. The third kappa shape index (κ3) is 3.90. The van der Waals surface area contributed by atoms with Gasteiger partial charge < -0.3 is 0 Å². The Balaban J connectivity index is 2.02. The number of nitro groups is 1. The monoisotopic (exact) mass is 320 g/mol. The molecule has 1 N–H and O–H groups in total. The van der Waals surface area contributed by atoms with Crippen molar-refractivity contribution in [2.24, 2.45) is 0 Å². The number of hydrogen-bond donors (Lipinski definition) is 1. The van der Waals surface area contributed by atoms with Crippen molar-refractivity contribution in [3.05, 3.63) is 69.8 Å². The summed E-state index contributed by atoms with van der Waals surface area (Å²) in [5, 5.41) is 10.6. The van der Waals surface area contributed by atoms with Gasteiger partial charge in [-0.2, -0.15) is 0 Å². The summed E-state index contributed by atoms with van der Waals surface area (Å²) in [4.78, 5) is 10.0. The molecule has 0 aromatic heterocycles. The van der Waals surface area contributed by atoms with E-state index in [1.165, 1.54) is 24.3 Å². The van der Waals surface area contributed by atoms with Gasteiger partial charge in [-0.25, -0.2) is 13.1 Å². The van der Waals surface area contributed by atoms with Crippen LogP contribution in [0.15, 0.2) is 53.4 Å². The summed E-state index contributed by atoms with van der Waals surface area (Å²) >= 11 is 0. The second-order valence-corrected chi connectivity index (χ2v) is 6.59. The Hall–Kier alpha value is -2.25. The van der Waals surface area contributed by atoms with E-state index in [9.17, 15) is 18.5 Å². The molecule has 0 heterocycles. The van der Waals surface area contributed by atoms with Crippen molar-refractivity contribution in [1.82, 2.24) is 4.72 Å². The average molecular weight is 320 g/mol. The van der Waals surface area contributed by atoms with Crippen molar-refractivity contribution in [3.8, 4) is 0 Å². The molecule has 0 atom stereocenters.